The van der Waals surface area contributed by atoms with Gasteiger partial charge in [-0.2, -0.15) is 0 Å². The van der Waals surface area contributed by atoms with Gasteiger partial charge >= 0.3 is 12.2 Å². The number of rotatable bonds is 30. The van der Waals surface area contributed by atoms with Crippen molar-refractivity contribution >= 4 is 103 Å². The molecule has 130 heavy (non-hydrogen) atoms. The minimum Gasteiger partial charge on any atom is -0.444 e. The van der Waals surface area contributed by atoms with Crippen LogP contribution in [0.2, 0.25) is 0 Å². The number of aliphatic hydroxyl groups excluding tert-OH is 4. The van der Waals surface area contributed by atoms with Crippen LogP contribution < -0.4 is 31.9 Å². The van der Waals surface area contributed by atoms with Crippen LogP contribution in [0.15, 0.2) is 72.8 Å². The van der Waals surface area contributed by atoms with Crippen LogP contribution in [-0.2, 0) is 73.5 Å². The first kappa shape index (κ1) is 99.4. The number of likely N-dealkylation sites (N-methyl/N-ethyl adjacent to an activating group) is 4. The Balaban J connectivity index is 0.000000257. The Morgan fingerprint density at radius 3 is 0.808 bits per heavy atom. The van der Waals surface area contributed by atoms with Gasteiger partial charge in [0.2, 0.25) is 47.3 Å². The quantitative estimate of drug-likeness (QED) is 0.0187. The second-order valence-electron chi connectivity index (χ2n) is 37.1. The molecule has 4 aliphatic heterocycles. The van der Waals surface area contributed by atoms with E-state index in [9.17, 15) is 85.9 Å². The minimum atomic E-state index is -1.01. The van der Waals surface area contributed by atoms with Crippen LogP contribution in [0.4, 0.5) is 27.2 Å². The first-order chi connectivity index (χ1) is 61.3. The summed E-state index contributed by atoms with van der Waals surface area (Å²) in [7, 11) is 6.18. The van der Waals surface area contributed by atoms with Crippen LogP contribution in [-0.4, -0.2) is 292 Å². The molecule has 14 N–H and O–H groups in total. The van der Waals surface area contributed by atoms with Gasteiger partial charge in [-0.05, 0) is 255 Å². The Bertz CT molecular complexity index is 5160. The second-order valence-corrected chi connectivity index (χ2v) is 37.1. The first-order valence-electron chi connectivity index (χ1n) is 44.9. The van der Waals surface area contributed by atoms with Gasteiger partial charge in [0, 0.05) is 108 Å². The number of carbonyl (C=O) groups excluding carboxylic acids is 10. The standard InChI is InChI=1S/C52H72F2N8O10.C42H56F2N8O6/c1-13-39(57-45(65)27(3)59(11)49(69)71-51(5,6)7)47(67)61-25-33(63)21-31(61)23-37-35-17-15-29(53)19-41(35)55-43(37)44-38(36-18-16-30(54)20-42(36)56-44)24-32-22-34(64)26-62(32)48(68)40(14-2)58-46(66)28(4)60(12)50(70)72-52(8,9)10;1-7-33(49-39(55)21(3)45-5)41(57)51-19-27(53)15-25(51)17-31-29-11-9-23(43)13-35(29)47-37(31)38-32(30-12-10-24(44)14-36(30)48-38)18-26-16-28(54)20-52(26)42(58)34(8-2)50-40(56)22(4)46-6/h15-20,27-28,31-34,39-40,55-56,63-64H,13-14,21-26H2,1-12H3,(H,57,65)(H,58,66);9-14,21-22,25-28,33-34,45-48,53-54H,7-8,15-20H2,1-6H3,(H,49,55)(H,50,56)/t27-,28-,31-,32-,33-,34-,39-,40-;21-,22-,25-,26-,27-,28-,33-,34-/m00/s1. The zero-order valence-electron chi connectivity index (χ0n) is 77.4. The van der Waals surface area contributed by atoms with Gasteiger partial charge in [-0.1, -0.05) is 27.7 Å². The summed E-state index contributed by atoms with van der Waals surface area (Å²) in [5.74, 6) is -5.28. The topological polar surface area (TPSA) is 425 Å². The summed E-state index contributed by atoms with van der Waals surface area (Å²) in [6.45, 7) is 23.9. The number of ether oxygens (including phenoxy) is 2. The van der Waals surface area contributed by atoms with E-state index in [0.29, 0.717) is 90.4 Å². The Hall–Kier alpha value is -11.2. The lowest BCUT2D eigenvalue weighted by Crippen LogP contribution is -2.55. The van der Waals surface area contributed by atoms with Crippen molar-refractivity contribution in [3.05, 3.63) is 118 Å². The number of fused-ring (bicyclic) bond motifs is 4. The lowest BCUT2D eigenvalue weighted by molar-refractivity contribution is -0.138. The number of β-amino-alcohol motifs (C(OH)–C–C–N with tert-alkyl or cyclic N) is 4. The van der Waals surface area contributed by atoms with Crippen LogP contribution in [0, 0.1) is 23.3 Å². The average Bonchev–Trinajstić information content (AvgIpc) is 1.59. The van der Waals surface area contributed by atoms with E-state index in [0.717, 1.165) is 20.9 Å². The Morgan fingerprint density at radius 1 is 0.392 bits per heavy atom. The van der Waals surface area contributed by atoms with E-state index in [2.05, 4.69) is 51.8 Å². The third-order valence-corrected chi connectivity index (χ3v) is 25.5. The van der Waals surface area contributed by atoms with Crippen molar-refractivity contribution in [2.75, 3.05) is 54.4 Å². The van der Waals surface area contributed by atoms with Crippen LogP contribution in [0.5, 0.6) is 0 Å². The summed E-state index contributed by atoms with van der Waals surface area (Å²) in [4.78, 5) is 157. The molecule has 0 saturated carbocycles. The predicted octanol–water partition coefficient (Wildman–Crippen LogP) is 8.51. The van der Waals surface area contributed by atoms with Crippen molar-refractivity contribution in [1.82, 2.24) is 81.2 Å². The zero-order chi connectivity index (χ0) is 95.3. The molecule has 0 radical (unpaired) electrons. The molecule has 10 amide bonds. The number of aromatic amines is 4. The van der Waals surface area contributed by atoms with E-state index in [1.54, 1.807) is 117 Å². The van der Waals surface area contributed by atoms with Gasteiger partial charge in [0.15, 0.2) is 0 Å². The number of hydrogen-bond acceptors (Lipinski definition) is 18. The SMILES string of the molecule is CC[C@H](NC(=O)[C@H](C)N(C)C(=O)OC(C)(C)C)C(=O)N1C[C@@H](O)C[C@H]1Cc1c(-c2[nH]c3cc(F)ccc3c2C[C@@H]2C[C@H](O)CN2C(=O)[C@H](CC)NC(=O)[C@H](C)N(C)C(=O)OC(C)(C)C)[nH]c2cc(F)ccc12.CC[C@H](NC(=O)[C@H](C)NC)C(=O)N1C[C@@H](O)C[C@H]1Cc1c(-c2[nH]c3cc(F)ccc3c2C[C@@H]2C[C@H](O)CN2C(=O)[C@H](CC)NC(=O)[C@H](C)NC)[nH]c2cc(F)ccc12. The molecule has 16 atom stereocenters. The first-order valence-corrected chi connectivity index (χ1v) is 44.9. The fourth-order valence-electron chi connectivity index (χ4n) is 17.9. The number of nitrogens with one attached hydrogen (secondary N) is 10. The summed E-state index contributed by atoms with van der Waals surface area (Å²) in [5, 5.41) is 63.8. The molecule has 0 unspecified atom stereocenters. The molecule has 8 heterocycles. The molecule has 4 aromatic carbocycles. The van der Waals surface area contributed by atoms with E-state index in [1.807, 2.05) is 13.8 Å². The normalized spacial score (nSPS) is 20.8. The summed E-state index contributed by atoms with van der Waals surface area (Å²) in [5.41, 5.74) is 5.12. The Kier molecular flexibility index (Phi) is 31.7. The molecule has 8 aromatic rings. The predicted molar refractivity (Wildman–Crippen MR) is 483 cm³/mol. The third-order valence-electron chi connectivity index (χ3n) is 25.5. The van der Waals surface area contributed by atoms with Gasteiger partial charge in [0.1, 0.15) is 70.7 Å². The number of halogens is 4. The van der Waals surface area contributed by atoms with Gasteiger partial charge < -0.3 is 101 Å². The van der Waals surface area contributed by atoms with Crippen LogP contribution in [0.3, 0.4) is 0 Å². The van der Waals surface area contributed by atoms with E-state index >= 15 is 0 Å². The minimum absolute atomic E-state index is 0.0289. The highest BCUT2D eigenvalue weighted by atomic mass is 19.1. The molecule has 36 heteroatoms. The van der Waals surface area contributed by atoms with Crippen LogP contribution >= 0.6 is 0 Å². The highest BCUT2D eigenvalue weighted by molar-refractivity contribution is 6.00. The smallest absolute Gasteiger partial charge is 0.410 e. The average molecular weight is 1810 g/mol. The zero-order valence-corrected chi connectivity index (χ0v) is 77.4. The highest BCUT2D eigenvalue weighted by Crippen LogP contribution is 2.43. The molecular weight excluding hydrogens is 1690 g/mol. The fourth-order valence-corrected chi connectivity index (χ4v) is 17.9. The molecule has 4 saturated heterocycles. The van der Waals surface area contributed by atoms with Crippen LogP contribution in [0.1, 0.15) is 171 Å². The molecule has 708 valence electrons. The maximum atomic E-state index is 15.0. The lowest BCUT2D eigenvalue weighted by atomic mass is 9.94. The molecule has 4 aromatic heterocycles. The largest absolute Gasteiger partial charge is 0.444 e. The number of aliphatic hydroxyl groups is 4. The summed E-state index contributed by atoms with van der Waals surface area (Å²) in [6.07, 6.45) is -2.11. The molecule has 0 spiro atoms. The van der Waals surface area contributed by atoms with E-state index in [4.69, 9.17) is 9.47 Å². The Labute approximate surface area is 753 Å². The number of nitrogens with zero attached hydrogens (tertiary/aromatic N) is 6. The number of amides is 10. The van der Waals surface area contributed by atoms with Crippen molar-refractivity contribution in [1.29, 1.82) is 0 Å². The van der Waals surface area contributed by atoms with Crippen molar-refractivity contribution in [2.45, 2.75) is 282 Å². The van der Waals surface area contributed by atoms with Gasteiger partial charge in [0.05, 0.1) is 59.3 Å². The van der Waals surface area contributed by atoms with Crippen LogP contribution in [0.25, 0.3) is 66.4 Å². The third kappa shape index (κ3) is 22.7. The van der Waals surface area contributed by atoms with E-state index in [1.165, 1.54) is 86.3 Å². The maximum absolute atomic E-state index is 15.0. The van der Waals surface area contributed by atoms with E-state index < -0.39 is 167 Å². The molecule has 4 aliphatic rings. The maximum Gasteiger partial charge on any atom is 0.410 e. The number of carbonyl (C=O) groups is 10. The number of hydrogen-bond donors (Lipinski definition) is 14. The summed E-state index contributed by atoms with van der Waals surface area (Å²) < 4.78 is 70.4. The number of H-pyrrole nitrogens is 4. The lowest BCUT2D eigenvalue weighted by Gasteiger charge is -2.31. The monoisotopic (exact) mass is 1810 g/mol. The van der Waals surface area contributed by atoms with Gasteiger partial charge in [-0.15, -0.1) is 0 Å². The molecular formula is C94H128F4N16O16. The van der Waals surface area contributed by atoms with Crippen molar-refractivity contribution in [3.8, 4) is 22.8 Å². The highest BCUT2D eigenvalue weighted by Gasteiger charge is 2.46. The van der Waals surface area contributed by atoms with Crippen molar-refractivity contribution in [3.63, 3.8) is 0 Å². The fraction of sp³-hybridized carbons (Fsp3) is 0.553. The summed E-state index contributed by atoms with van der Waals surface area (Å²) >= 11 is 0. The Morgan fingerprint density at radius 2 is 0.608 bits per heavy atom. The molecule has 0 aliphatic carbocycles. The second kappa shape index (κ2) is 41.5. The number of aromatic nitrogens is 4. The van der Waals surface area contributed by atoms with E-state index in [-0.39, 0.29) is 114 Å². The van der Waals surface area contributed by atoms with Crippen molar-refractivity contribution < 1.29 is 95.4 Å². The molecule has 12 rings (SSSR count). The molecule has 0 bridgehead atoms. The van der Waals surface area contributed by atoms with Gasteiger partial charge in [0.25, 0.3) is 0 Å². The number of benzene rings is 4. The summed E-state index contributed by atoms with van der Waals surface area (Å²) in [6, 6.07) is 8.46. The number of likely N-dealkylation sites (tertiary alicyclic amines) is 4. The molecule has 32 nitrogen and oxygen atoms in total. The van der Waals surface area contributed by atoms with Gasteiger partial charge in [-0.25, -0.2) is 27.2 Å². The van der Waals surface area contributed by atoms with Gasteiger partial charge in [-0.3, -0.25) is 48.2 Å². The van der Waals surface area contributed by atoms with Crippen molar-refractivity contribution in [2.24, 2.45) is 0 Å². The molecule has 4 fully saturated rings.